The summed E-state index contributed by atoms with van der Waals surface area (Å²) in [7, 11) is -4.03. The molecule has 0 spiro atoms. The van der Waals surface area contributed by atoms with Crippen molar-refractivity contribution in [1.29, 1.82) is 0 Å². The average Bonchev–Trinajstić information content (AvgIpc) is 2.86. The lowest BCUT2D eigenvalue weighted by atomic mass is 9.64. The van der Waals surface area contributed by atoms with Gasteiger partial charge in [0.05, 0.1) is 10.7 Å². The molecule has 0 radical (unpaired) electrons. The van der Waals surface area contributed by atoms with Crippen LogP contribution in [0.15, 0.2) is 82.2 Å². The van der Waals surface area contributed by atoms with Crippen LogP contribution in [-0.4, -0.2) is 33.3 Å². The number of hydrogen-bond donors (Lipinski definition) is 2. The van der Waals surface area contributed by atoms with E-state index < -0.39 is 21.8 Å². The number of benzene rings is 3. The maximum absolute atomic E-state index is 13.4. The molecule has 0 bridgehead atoms. The van der Waals surface area contributed by atoms with E-state index in [4.69, 9.17) is 11.6 Å². The van der Waals surface area contributed by atoms with Crippen molar-refractivity contribution in [2.75, 3.05) is 22.7 Å². The first-order chi connectivity index (χ1) is 17.7. The van der Waals surface area contributed by atoms with Gasteiger partial charge in [-0.15, -0.1) is 0 Å². The standard InChI is InChI=1S/C27H27BrClN3O4S/c1-2-32(20-9-4-3-5-10-20)37(35,36)24-17-19(13-14-23(24)29)31-26(34)25(33)30-18-27(15-8-16-27)21-11-6-7-12-22(21)28/h3-7,9-14,17H,2,8,15-16,18H2,1H3,(H,30,33)(H,31,34). The minimum atomic E-state index is -4.03. The highest BCUT2D eigenvalue weighted by molar-refractivity contribution is 9.10. The summed E-state index contributed by atoms with van der Waals surface area (Å²) in [6.45, 7) is 2.23. The van der Waals surface area contributed by atoms with Gasteiger partial charge in [-0.2, -0.15) is 0 Å². The number of para-hydroxylation sites is 1. The van der Waals surface area contributed by atoms with Crippen LogP contribution in [0, 0.1) is 0 Å². The molecule has 7 nitrogen and oxygen atoms in total. The number of halogens is 2. The first-order valence-corrected chi connectivity index (χ1v) is 14.5. The van der Waals surface area contributed by atoms with Crippen LogP contribution < -0.4 is 14.9 Å². The minimum Gasteiger partial charge on any atom is -0.347 e. The van der Waals surface area contributed by atoms with Crippen molar-refractivity contribution in [1.82, 2.24) is 5.32 Å². The summed E-state index contributed by atoms with van der Waals surface area (Å²) in [4.78, 5) is 25.2. The molecule has 37 heavy (non-hydrogen) atoms. The van der Waals surface area contributed by atoms with Crippen LogP contribution in [0.2, 0.25) is 5.02 Å². The SMILES string of the molecule is CCN(c1ccccc1)S(=O)(=O)c1cc(NC(=O)C(=O)NCC2(c3ccccc3Br)CCC2)ccc1Cl. The molecule has 1 saturated carbocycles. The zero-order valence-electron chi connectivity index (χ0n) is 20.2. The molecule has 10 heteroatoms. The molecule has 1 fully saturated rings. The summed E-state index contributed by atoms with van der Waals surface area (Å²) in [6.07, 6.45) is 2.86. The van der Waals surface area contributed by atoms with Gasteiger partial charge in [-0.25, -0.2) is 8.42 Å². The van der Waals surface area contributed by atoms with Gasteiger partial charge in [0.25, 0.3) is 10.0 Å². The number of hydrogen-bond acceptors (Lipinski definition) is 4. The lowest BCUT2D eigenvalue weighted by molar-refractivity contribution is -0.136. The predicted octanol–water partition coefficient (Wildman–Crippen LogP) is 5.49. The normalized spacial score (nSPS) is 14.4. The fourth-order valence-corrected chi connectivity index (χ4v) is 7.22. The maximum Gasteiger partial charge on any atom is 0.313 e. The number of sulfonamides is 1. The van der Waals surface area contributed by atoms with Crippen LogP contribution in [0.25, 0.3) is 0 Å². The Morgan fingerprint density at radius 2 is 1.68 bits per heavy atom. The molecule has 3 aromatic rings. The molecule has 0 atom stereocenters. The van der Waals surface area contributed by atoms with Gasteiger partial charge in [0, 0.05) is 28.7 Å². The van der Waals surface area contributed by atoms with Crippen LogP contribution in [-0.2, 0) is 25.0 Å². The zero-order valence-corrected chi connectivity index (χ0v) is 23.4. The average molecular weight is 605 g/mol. The summed E-state index contributed by atoms with van der Waals surface area (Å²) in [5.41, 5.74) is 1.52. The number of nitrogens with one attached hydrogen (secondary N) is 2. The number of carbonyl (C=O) groups excluding carboxylic acids is 2. The van der Waals surface area contributed by atoms with Crippen molar-refractivity contribution < 1.29 is 18.0 Å². The van der Waals surface area contributed by atoms with Gasteiger partial charge in [0.15, 0.2) is 0 Å². The number of nitrogens with zero attached hydrogens (tertiary/aromatic N) is 1. The third kappa shape index (κ3) is 5.68. The van der Waals surface area contributed by atoms with Gasteiger partial charge in [0.2, 0.25) is 0 Å². The van der Waals surface area contributed by atoms with E-state index in [1.165, 1.54) is 22.5 Å². The molecule has 3 aromatic carbocycles. The molecule has 2 N–H and O–H groups in total. The number of rotatable bonds is 8. The molecule has 0 unspecified atom stereocenters. The minimum absolute atomic E-state index is 0.0113. The molecule has 0 saturated heterocycles. The van der Waals surface area contributed by atoms with Gasteiger partial charge < -0.3 is 10.6 Å². The first kappa shape index (κ1) is 27.2. The van der Waals surface area contributed by atoms with Crippen molar-refractivity contribution in [3.63, 3.8) is 0 Å². The predicted molar refractivity (Wildman–Crippen MR) is 149 cm³/mol. The topological polar surface area (TPSA) is 95.6 Å². The van der Waals surface area contributed by atoms with E-state index in [1.54, 1.807) is 37.3 Å². The Kier molecular flexibility index (Phi) is 8.26. The molecule has 194 valence electrons. The van der Waals surface area contributed by atoms with Crippen molar-refractivity contribution in [3.8, 4) is 0 Å². The van der Waals surface area contributed by atoms with Crippen LogP contribution in [0.3, 0.4) is 0 Å². The second-order valence-corrected chi connectivity index (χ2v) is 12.0. The highest BCUT2D eigenvalue weighted by Crippen LogP contribution is 2.45. The Morgan fingerprint density at radius 3 is 2.30 bits per heavy atom. The Morgan fingerprint density at radius 1 is 1.00 bits per heavy atom. The van der Waals surface area contributed by atoms with Crippen LogP contribution in [0.4, 0.5) is 11.4 Å². The van der Waals surface area contributed by atoms with Gasteiger partial charge in [0.1, 0.15) is 4.90 Å². The second-order valence-electron chi connectivity index (χ2n) is 8.90. The van der Waals surface area contributed by atoms with Gasteiger partial charge in [-0.05, 0) is 61.7 Å². The quantitative estimate of drug-likeness (QED) is 0.332. The molecule has 1 aliphatic carbocycles. The molecule has 0 aliphatic heterocycles. The van der Waals surface area contributed by atoms with Crippen LogP contribution >= 0.6 is 27.5 Å². The zero-order chi connectivity index (χ0) is 26.6. The van der Waals surface area contributed by atoms with Crippen molar-refractivity contribution in [3.05, 3.63) is 87.9 Å². The Hall–Kier alpha value is -2.88. The fourth-order valence-electron chi connectivity index (χ4n) is 4.54. The van der Waals surface area contributed by atoms with E-state index in [2.05, 4.69) is 26.6 Å². The van der Waals surface area contributed by atoms with Gasteiger partial charge in [-0.3, -0.25) is 13.9 Å². The Balaban J connectivity index is 1.48. The Bertz CT molecular complexity index is 1410. The van der Waals surface area contributed by atoms with E-state index >= 15 is 0 Å². The van der Waals surface area contributed by atoms with Crippen molar-refractivity contribution in [2.45, 2.75) is 36.5 Å². The first-order valence-electron chi connectivity index (χ1n) is 11.9. The highest BCUT2D eigenvalue weighted by Gasteiger charge is 2.40. The van der Waals surface area contributed by atoms with Crippen LogP contribution in [0.1, 0.15) is 31.7 Å². The van der Waals surface area contributed by atoms with Crippen LogP contribution in [0.5, 0.6) is 0 Å². The summed E-state index contributed by atoms with van der Waals surface area (Å²) < 4.78 is 29.0. The molecular weight excluding hydrogens is 578 g/mol. The third-order valence-electron chi connectivity index (χ3n) is 6.64. The summed E-state index contributed by atoms with van der Waals surface area (Å²) in [5, 5.41) is 5.26. The van der Waals surface area contributed by atoms with E-state index in [1.807, 2.05) is 24.3 Å². The summed E-state index contributed by atoms with van der Waals surface area (Å²) in [5.74, 6) is -1.68. The van der Waals surface area contributed by atoms with Gasteiger partial charge in [-0.1, -0.05) is 70.3 Å². The van der Waals surface area contributed by atoms with E-state index in [0.717, 1.165) is 29.3 Å². The summed E-state index contributed by atoms with van der Waals surface area (Å²) in [6, 6.07) is 20.7. The number of anilines is 2. The van der Waals surface area contributed by atoms with E-state index in [-0.39, 0.29) is 27.6 Å². The monoisotopic (exact) mass is 603 g/mol. The lowest BCUT2D eigenvalue weighted by Crippen LogP contribution is -2.48. The largest absolute Gasteiger partial charge is 0.347 e. The summed E-state index contributed by atoms with van der Waals surface area (Å²) >= 11 is 9.85. The molecule has 0 heterocycles. The number of carbonyl (C=O) groups is 2. The van der Waals surface area contributed by atoms with E-state index in [0.29, 0.717) is 12.2 Å². The smallest absolute Gasteiger partial charge is 0.313 e. The number of amides is 2. The Labute approximate surface area is 230 Å². The third-order valence-corrected chi connectivity index (χ3v) is 9.71. The van der Waals surface area contributed by atoms with Gasteiger partial charge >= 0.3 is 11.8 Å². The molecular formula is C27H27BrClN3O4S. The van der Waals surface area contributed by atoms with Crippen molar-refractivity contribution >= 4 is 60.7 Å². The van der Waals surface area contributed by atoms with Crippen molar-refractivity contribution in [2.24, 2.45) is 0 Å². The second kappa shape index (κ2) is 11.2. The molecule has 2 amide bonds. The molecule has 1 aliphatic rings. The van der Waals surface area contributed by atoms with E-state index in [9.17, 15) is 18.0 Å². The fraction of sp³-hybridized carbons (Fsp3) is 0.259. The lowest BCUT2D eigenvalue weighted by Gasteiger charge is -2.43. The highest BCUT2D eigenvalue weighted by atomic mass is 79.9. The molecule has 4 rings (SSSR count). The molecule has 0 aromatic heterocycles. The maximum atomic E-state index is 13.4.